The fourth-order valence-electron chi connectivity index (χ4n) is 4.51. The van der Waals surface area contributed by atoms with Gasteiger partial charge in [0.2, 0.25) is 5.82 Å². The number of aliphatic hydroxyl groups excluding tert-OH is 1. The quantitative estimate of drug-likeness (QED) is 0.308. The lowest BCUT2D eigenvalue weighted by molar-refractivity contribution is -0.145. The number of nitrogens with zero attached hydrogens (tertiary/aromatic N) is 5. The summed E-state index contributed by atoms with van der Waals surface area (Å²) in [4.78, 5) is 17.6. The van der Waals surface area contributed by atoms with E-state index in [1.807, 2.05) is 17.0 Å². The molecule has 5 rings (SSSR count). The highest BCUT2D eigenvalue weighted by Crippen LogP contribution is 2.36. The van der Waals surface area contributed by atoms with Crippen LogP contribution in [0.2, 0.25) is 0 Å². The number of aromatic nitrogens is 4. The molecular weight excluding hydrogens is 516 g/mol. The first-order valence-electron chi connectivity index (χ1n) is 12.4. The molecule has 204 valence electrons. The standard InChI is InChI=1S/C27H26F4N6O2/c1-15(19-11-32-26(33-12-19)27(29,30)31)36-25-22-9-18(17-3-5-20(28)6-4-17)10-23(24(22)34-14-35-25)39-21-7-8-37(13-21)16(2)38/h3-6,9-12,14-16,21,38H,7-8,13H2,1-2H3,(H,34,35,36)/t15-,16-,21+/m1/s1. The van der Waals surface area contributed by atoms with Crippen LogP contribution in [0.4, 0.5) is 23.4 Å². The molecule has 3 heterocycles. The third kappa shape index (κ3) is 5.91. The van der Waals surface area contributed by atoms with Gasteiger partial charge in [-0.25, -0.2) is 24.3 Å². The number of ether oxygens (including phenoxy) is 1. The number of anilines is 1. The van der Waals surface area contributed by atoms with Crippen LogP contribution in [-0.4, -0.2) is 55.4 Å². The van der Waals surface area contributed by atoms with E-state index < -0.39 is 24.3 Å². The number of aliphatic hydroxyl groups is 1. The fourth-order valence-corrected chi connectivity index (χ4v) is 4.51. The lowest BCUT2D eigenvalue weighted by Crippen LogP contribution is -2.32. The van der Waals surface area contributed by atoms with E-state index in [1.54, 1.807) is 26.0 Å². The van der Waals surface area contributed by atoms with Gasteiger partial charge in [-0.2, -0.15) is 13.2 Å². The second-order valence-corrected chi connectivity index (χ2v) is 9.46. The highest BCUT2D eigenvalue weighted by molar-refractivity contribution is 5.96. The predicted octanol–water partition coefficient (Wildman–Crippen LogP) is 5.21. The molecule has 1 saturated heterocycles. The number of fused-ring (bicyclic) bond motifs is 1. The lowest BCUT2D eigenvalue weighted by atomic mass is 10.0. The Morgan fingerprint density at radius 1 is 1.03 bits per heavy atom. The molecule has 1 fully saturated rings. The normalized spacial score (nSPS) is 17.8. The number of benzene rings is 2. The van der Waals surface area contributed by atoms with Crippen LogP contribution in [0.25, 0.3) is 22.0 Å². The number of hydrogen-bond acceptors (Lipinski definition) is 8. The van der Waals surface area contributed by atoms with E-state index in [2.05, 4.69) is 25.3 Å². The van der Waals surface area contributed by atoms with Crippen molar-refractivity contribution in [3.05, 3.63) is 72.3 Å². The van der Waals surface area contributed by atoms with E-state index >= 15 is 0 Å². The summed E-state index contributed by atoms with van der Waals surface area (Å²) in [7, 11) is 0. The van der Waals surface area contributed by atoms with Gasteiger partial charge in [0.1, 0.15) is 41.6 Å². The van der Waals surface area contributed by atoms with Crippen LogP contribution < -0.4 is 10.1 Å². The van der Waals surface area contributed by atoms with Gasteiger partial charge in [-0.3, -0.25) is 4.90 Å². The molecule has 0 unspecified atom stereocenters. The molecule has 4 aromatic rings. The summed E-state index contributed by atoms with van der Waals surface area (Å²) in [5.41, 5.74) is 2.46. The minimum atomic E-state index is -4.63. The number of nitrogens with one attached hydrogen (secondary N) is 1. The molecule has 2 aromatic carbocycles. The van der Waals surface area contributed by atoms with Gasteiger partial charge in [-0.15, -0.1) is 0 Å². The average molecular weight is 543 g/mol. The van der Waals surface area contributed by atoms with Crippen molar-refractivity contribution in [1.82, 2.24) is 24.8 Å². The molecule has 0 amide bonds. The first kappa shape index (κ1) is 26.7. The van der Waals surface area contributed by atoms with Gasteiger partial charge >= 0.3 is 6.18 Å². The van der Waals surface area contributed by atoms with Gasteiger partial charge in [0.15, 0.2) is 0 Å². The maximum absolute atomic E-state index is 13.6. The molecule has 2 N–H and O–H groups in total. The summed E-state index contributed by atoms with van der Waals surface area (Å²) in [6.45, 7) is 4.69. The Morgan fingerprint density at radius 3 is 2.38 bits per heavy atom. The van der Waals surface area contributed by atoms with Crippen molar-refractivity contribution < 1.29 is 27.4 Å². The highest BCUT2D eigenvalue weighted by atomic mass is 19.4. The molecular formula is C27H26F4N6O2. The Morgan fingerprint density at radius 2 is 1.74 bits per heavy atom. The Labute approximate surface area is 221 Å². The summed E-state index contributed by atoms with van der Waals surface area (Å²) in [6, 6.07) is 9.25. The first-order chi connectivity index (χ1) is 18.6. The fraction of sp³-hybridized carbons (Fsp3) is 0.333. The summed E-state index contributed by atoms with van der Waals surface area (Å²) in [5, 5.41) is 13.8. The third-order valence-electron chi connectivity index (χ3n) is 6.66. The minimum absolute atomic E-state index is 0.180. The molecule has 39 heavy (non-hydrogen) atoms. The second kappa shape index (κ2) is 10.7. The van der Waals surface area contributed by atoms with Crippen LogP contribution in [0.15, 0.2) is 55.1 Å². The molecule has 1 aliphatic heterocycles. The van der Waals surface area contributed by atoms with E-state index in [4.69, 9.17) is 4.74 Å². The zero-order chi connectivity index (χ0) is 27.7. The number of hydrogen-bond donors (Lipinski definition) is 2. The summed E-state index contributed by atoms with van der Waals surface area (Å²) < 4.78 is 58.6. The maximum atomic E-state index is 13.6. The lowest BCUT2D eigenvalue weighted by Gasteiger charge is -2.21. The SMILES string of the molecule is C[C@@H](Nc1ncnc2c(O[C@H]3CCN([C@@H](C)O)C3)cc(-c3ccc(F)cc3)cc12)c1cnc(C(F)(F)F)nc1. The van der Waals surface area contributed by atoms with Crippen molar-refractivity contribution in [3.63, 3.8) is 0 Å². The van der Waals surface area contributed by atoms with Crippen molar-refractivity contribution in [2.24, 2.45) is 0 Å². The maximum Gasteiger partial charge on any atom is 0.451 e. The molecule has 8 nitrogen and oxygen atoms in total. The number of rotatable bonds is 7. The second-order valence-electron chi connectivity index (χ2n) is 9.46. The third-order valence-corrected chi connectivity index (χ3v) is 6.66. The number of halogens is 4. The highest BCUT2D eigenvalue weighted by Gasteiger charge is 2.34. The Balaban J connectivity index is 1.51. The molecule has 2 aromatic heterocycles. The monoisotopic (exact) mass is 542 g/mol. The van der Waals surface area contributed by atoms with Crippen molar-refractivity contribution in [2.75, 3.05) is 18.4 Å². The van der Waals surface area contributed by atoms with Crippen LogP contribution in [-0.2, 0) is 6.18 Å². The van der Waals surface area contributed by atoms with E-state index in [-0.39, 0.29) is 11.9 Å². The van der Waals surface area contributed by atoms with Gasteiger partial charge in [0, 0.05) is 36.4 Å². The molecule has 1 aliphatic rings. The van der Waals surface area contributed by atoms with E-state index in [0.29, 0.717) is 47.5 Å². The van der Waals surface area contributed by atoms with Gasteiger partial charge in [-0.1, -0.05) is 12.1 Å². The van der Waals surface area contributed by atoms with E-state index in [0.717, 1.165) is 23.5 Å². The van der Waals surface area contributed by atoms with Gasteiger partial charge < -0.3 is 15.2 Å². The Bertz CT molecular complexity index is 1450. The minimum Gasteiger partial charge on any atom is -0.487 e. The summed E-state index contributed by atoms with van der Waals surface area (Å²) in [6.07, 6.45) is -1.05. The Kier molecular flexibility index (Phi) is 7.32. The molecule has 12 heteroatoms. The van der Waals surface area contributed by atoms with Crippen molar-refractivity contribution in [2.45, 2.75) is 44.8 Å². The smallest absolute Gasteiger partial charge is 0.451 e. The van der Waals surface area contributed by atoms with Crippen molar-refractivity contribution >= 4 is 16.7 Å². The summed E-state index contributed by atoms with van der Waals surface area (Å²) >= 11 is 0. The molecule has 0 bridgehead atoms. The first-order valence-corrected chi connectivity index (χ1v) is 12.4. The van der Waals surface area contributed by atoms with Gasteiger partial charge in [0.25, 0.3) is 0 Å². The van der Waals surface area contributed by atoms with Crippen LogP contribution in [0, 0.1) is 5.82 Å². The number of alkyl halides is 3. The zero-order valence-corrected chi connectivity index (χ0v) is 21.2. The van der Waals surface area contributed by atoms with Gasteiger partial charge in [0.05, 0.1) is 6.04 Å². The van der Waals surface area contributed by atoms with Crippen LogP contribution in [0.3, 0.4) is 0 Å². The van der Waals surface area contributed by atoms with E-state index in [9.17, 15) is 22.7 Å². The molecule has 0 spiro atoms. The number of likely N-dealkylation sites (tertiary alicyclic amines) is 1. The van der Waals surface area contributed by atoms with E-state index in [1.165, 1.54) is 18.5 Å². The van der Waals surface area contributed by atoms with Crippen LogP contribution >= 0.6 is 0 Å². The van der Waals surface area contributed by atoms with Crippen molar-refractivity contribution in [1.29, 1.82) is 0 Å². The molecule has 0 aliphatic carbocycles. The topological polar surface area (TPSA) is 96.3 Å². The largest absolute Gasteiger partial charge is 0.487 e. The predicted molar refractivity (Wildman–Crippen MR) is 136 cm³/mol. The Hall–Kier alpha value is -3.90. The summed E-state index contributed by atoms with van der Waals surface area (Å²) in [5.74, 6) is -0.644. The van der Waals surface area contributed by atoms with Crippen LogP contribution in [0.1, 0.15) is 37.7 Å². The average Bonchev–Trinajstić information content (AvgIpc) is 3.38. The van der Waals surface area contributed by atoms with Crippen LogP contribution in [0.5, 0.6) is 5.75 Å². The molecule has 0 saturated carbocycles. The zero-order valence-electron chi connectivity index (χ0n) is 21.2. The van der Waals surface area contributed by atoms with Crippen molar-refractivity contribution in [3.8, 4) is 16.9 Å². The molecule has 0 radical (unpaired) electrons. The molecule has 3 atom stereocenters. The van der Waals surface area contributed by atoms with Gasteiger partial charge in [-0.05, 0) is 55.7 Å².